The number of carbonyl (C=O) groups excluding carboxylic acids is 1. The SMILES string of the molecule is Cc1cnc(CC(=O)NC2CCC(F)(CCN3CCc4ccc(O[C@H](C)C(F)(F)F)nc4CC3)CC2)o1. The molecule has 3 heterocycles. The number of hydrogen-bond donors (Lipinski definition) is 1. The van der Waals surface area contributed by atoms with Crippen molar-refractivity contribution in [2.75, 3.05) is 19.6 Å². The molecular weight excluding hydrogens is 492 g/mol. The number of aryl methyl sites for hydroxylation is 1. The smallest absolute Gasteiger partial charge is 0.425 e. The summed E-state index contributed by atoms with van der Waals surface area (Å²) in [6.07, 6.45) is -1.09. The van der Waals surface area contributed by atoms with E-state index in [0.717, 1.165) is 24.7 Å². The molecule has 2 aromatic heterocycles. The van der Waals surface area contributed by atoms with Crippen LogP contribution < -0.4 is 10.1 Å². The third kappa shape index (κ3) is 7.66. The summed E-state index contributed by atoms with van der Waals surface area (Å²) in [7, 11) is 0. The van der Waals surface area contributed by atoms with Crippen LogP contribution in [0.3, 0.4) is 0 Å². The van der Waals surface area contributed by atoms with E-state index >= 15 is 4.39 Å². The number of carbonyl (C=O) groups is 1. The number of ether oxygens (including phenoxy) is 1. The fourth-order valence-electron chi connectivity index (χ4n) is 4.93. The Bertz CT molecular complexity index is 1070. The first kappa shape index (κ1) is 27.3. The van der Waals surface area contributed by atoms with Crippen molar-refractivity contribution in [3.63, 3.8) is 0 Å². The van der Waals surface area contributed by atoms with E-state index in [1.807, 2.05) is 0 Å². The molecule has 37 heavy (non-hydrogen) atoms. The highest BCUT2D eigenvalue weighted by Crippen LogP contribution is 2.35. The molecule has 11 heteroatoms. The number of hydrogen-bond acceptors (Lipinski definition) is 6. The van der Waals surface area contributed by atoms with Gasteiger partial charge in [-0.2, -0.15) is 13.2 Å². The van der Waals surface area contributed by atoms with Crippen LogP contribution in [0.5, 0.6) is 5.88 Å². The maximum atomic E-state index is 15.5. The lowest BCUT2D eigenvalue weighted by atomic mass is 9.81. The Balaban J connectivity index is 1.21. The molecule has 1 aliphatic heterocycles. The normalized spacial score (nSPS) is 23.7. The summed E-state index contributed by atoms with van der Waals surface area (Å²) in [4.78, 5) is 22.8. The Kier molecular flexibility index (Phi) is 8.40. The van der Waals surface area contributed by atoms with Gasteiger partial charge in [0.05, 0.1) is 6.20 Å². The Morgan fingerprint density at radius 1 is 1.27 bits per heavy atom. The second-order valence-electron chi connectivity index (χ2n) is 10.2. The maximum absolute atomic E-state index is 15.5. The predicted octanol–water partition coefficient (Wildman–Crippen LogP) is 4.51. The predicted molar refractivity (Wildman–Crippen MR) is 128 cm³/mol. The van der Waals surface area contributed by atoms with Gasteiger partial charge in [-0.15, -0.1) is 0 Å². The highest BCUT2D eigenvalue weighted by molar-refractivity contribution is 5.77. The number of fused-ring (bicyclic) bond motifs is 1. The molecular formula is C26H34F4N4O3. The Morgan fingerprint density at radius 3 is 2.68 bits per heavy atom. The number of rotatable bonds is 8. The minimum Gasteiger partial charge on any atom is -0.465 e. The Hall–Kier alpha value is -2.69. The Labute approximate surface area is 214 Å². The highest BCUT2D eigenvalue weighted by Gasteiger charge is 2.38. The molecule has 4 rings (SSSR count). The molecule has 1 amide bonds. The van der Waals surface area contributed by atoms with E-state index < -0.39 is 17.9 Å². The van der Waals surface area contributed by atoms with Crippen LogP contribution in [0.2, 0.25) is 0 Å². The van der Waals surface area contributed by atoms with E-state index in [-0.39, 0.29) is 24.2 Å². The molecule has 0 bridgehead atoms. The van der Waals surface area contributed by atoms with Crippen molar-refractivity contribution in [2.24, 2.45) is 0 Å². The number of nitrogens with zero attached hydrogens (tertiary/aromatic N) is 3. The molecule has 0 radical (unpaired) electrons. The summed E-state index contributed by atoms with van der Waals surface area (Å²) in [5.41, 5.74) is 0.452. The average molecular weight is 527 g/mol. The van der Waals surface area contributed by atoms with Crippen molar-refractivity contribution in [2.45, 2.75) is 89.2 Å². The van der Waals surface area contributed by atoms with Crippen molar-refractivity contribution >= 4 is 5.91 Å². The number of alkyl halides is 4. The molecule has 0 unspecified atom stereocenters. The number of amides is 1. The van der Waals surface area contributed by atoms with Gasteiger partial charge < -0.3 is 19.4 Å². The van der Waals surface area contributed by atoms with Gasteiger partial charge in [-0.3, -0.25) is 4.79 Å². The second kappa shape index (κ2) is 11.4. The zero-order chi connectivity index (χ0) is 26.6. The quantitative estimate of drug-likeness (QED) is 0.510. The molecule has 1 fully saturated rings. The van der Waals surface area contributed by atoms with Crippen LogP contribution in [0.25, 0.3) is 0 Å². The van der Waals surface area contributed by atoms with Gasteiger partial charge in [-0.05, 0) is 57.9 Å². The minimum atomic E-state index is -4.45. The van der Waals surface area contributed by atoms with E-state index in [2.05, 4.69) is 20.2 Å². The largest absolute Gasteiger partial charge is 0.465 e. The lowest BCUT2D eigenvalue weighted by Gasteiger charge is -2.35. The average Bonchev–Trinajstić information content (AvgIpc) is 3.13. The van der Waals surface area contributed by atoms with Crippen molar-refractivity contribution in [3.8, 4) is 5.88 Å². The van der Waals surface area contributed by atoms with Gasteiger partial charge in [0, 0.05) is 43.9 Å². The molecule has 1 aliphatic carbocycles. The van der Waals surface area contributed by atoms with Gasteiger partial charge in [0.1, 0.15) is 17.8 Å². The van der Waals surface area contributed by atoms with Gasteiger partial charge in [-0.1, -0.05) is 6.07 Å². The van der Waals surface area contributed by atoms with Crippen LogP contribution in [0.1, 0.15) is 61.9 Å². The van der Waals surface area contributed by atoms with Crippen LogP contribution in [0, 0.1) is 6.92 Å². The van der Waals surface area contributed by atoms with E-state index in [0.29, 0.717) is 69.7 Å². The van der Waals surface area contributed by atoms with E-state index in [1.165, 1.54) is 6.07 Å². The first-order valence-electron chi connectivity index (χ1n) is 12.8. The van der Waals surface area contributed by atoms with Crippen molar-refractivity contribution in [1.82, 2.24) is 20.2 Å². The Morgan fingerprint density at radius 2 is 2.00 bits per heavy atom. The van der Waals surface area contributed by atoms with Crippen LogP contribution >= 0.6 is 0 Å². The van der Waals surface area contributed by atoms with Gasteiger partial charge in [0.15, 0.2) is 6.10 Å². The topological polar surface area (TPSA) is 80.5 Å². The number of halogens is 4. The first-order valence-corrected chi connectivity index (χ1v) is 12.8. The third-order valence-corrected chi connectivity index (χ3v) is 7.27. The fourth-order valence-corrected chi connectivity index (χ4v) is 4.93. The summed E-state index contributed by atoms with van der Waals surface area (Å²) in [6.45, 7) is 4.73. The second-order valence-corrected chi connectivity index (χ2v) is 10.2. The lowest BCUT2D eigenvalue weighted by Crippen LogP contribution is -2.43. The molecule has 2 aliphatic rings. The van der Waals surface area contributed by atoms with Gasteiger partial charge in [-0.25, -0.2) is 14.4 Å². The molecule has 0 aromatic carbocycles. The zero-order valence-corrected chi connectivity index (χ0v) is 21.2. The zero-order valence-electron chi connectivity index (χ0n) is 21.2. The van der Waals surface area contributed by atoms with Gasteiger partial charge in [0.2, 0.25) is 17.7 Å². The van der Waals surface area contributed by atoms with E-state index in [4.69, 9.17) is 9.15 Å². The first-order chi connectivity index (χ1) is 17.5. The molecule has 1 saturated carbocycles. The molecule has 0 saturated heterocycles. The number of aromatic nitrogens is 2. The van der Waals surface area contributed by atoms with E-state index in [9.17, 15) is 18.0 Å². The number of pyridine rings is 1. The summed E-state index contributed by atoms with van der Waals surface area (Å²) in [5, 5.41) is 2.97. The third-order valence-electron chi connectivity index (χ3n) is 7.27. The summed E-state index contributed by atoms with van der Waals surface area (Å²) in [6, 6.07) is 3.21. The van der Waals surface area contributed by atoms with Crippen molar-refractivity contribution in [3.05, 3.63) is 41.2 Å². The summed E-state index contributed by atoms with van der Waals surface area (Å²) >= 11 is 0. The van der Waals surface area contributed by atoms with Crippen molar-refractivity contribution in [1.29, 1.82) is 0 Å². The van der Waals surface area contributed by atoms with Crippen LogP contribution in [0.4, 0.5) is 17.6 Å². The number of oxazole rings is 1. The summed E-state index contributed by atoms with van der Waals surface area (Å²) < 4.78 is 64.3. The van der Waals surface area contributed by atoms with Crippen molar-refractivity contribution < 1.29 is 31.5 Å². The summed E-state index contributed by atoms with van der Waals surface area (Å²) in [5.74, 6) is 0.832. The van der Waals surface area contributed by atoms with Crippen LogP contribution in [0.15, 0.2) is 22.7 Å². The van der Waals surface area contributed by atoms with Crippen LogP contribution in [-0.4, -0.2) is 64.4 Å². The molecule has 1 atom stereocenters. The monoisotopic (exact) mass is 526 g/mol. The molecule has 1 N–H and O–H groups in total. The minimum absolute atomic E-state index is 0.0286. The fraction of sp³-hybridized carbons (Fsp3) is 0.654. The number of nitrogens with one attached hydrogen (secondary N) is 1. The van der Waals surface area contributed by atoms with Gasteiger partial charge >= 0.3 is 6.18 Å². The highest BCUT2D eigenvalue weighted by atomic mass is 19.4. The van der Waals surface area contributed by atoms with E-state index in [1.54, 1.807) is 19.2 Å². The lowest BCUT2D eigenvalue weighted by molar-refractivity contribution is -0.190. The van der Waals surface area contributed by atoms with Gasteiger partial charge in [0.25, 0.3) is 0 Å². The van der Waals surface area contributed by atoms with Crippen LogP contribution in [-0.2, 0) is 24.1 Å². The maximum Gasteiger partial charge on any atom is 0.425 e. The molecule has 204 valence electrons. The molecule has 0 spiro atoms. The molecule has 7 nitrogen and oxygen atoms in total. The standard InChI is InChI=1S/C26H34F4N4O3/c1-17-16-31-24(36-17)15-22(35)32-20-5-9-25(27,10-6-20)11-14-34-12-7-19-3-4-23(33-21(19)8-13-34)37-18(2)26(28,29)30/h3-4,16,18,20H,5-15H2,1-2H3,(H,32,35)/t18-,20?,25?/m1/s1. The molecule has 2 aromatic rings.